The highest BCUT2D eigenvalue weighted by Gasteiger charge is 2.24. The summed E-state index contributed by atoms with van der Waals surface area (Å²) in [5, 5.41) is -0.0776. The Kier molecular flexibility index (Phi) is 5.73. The lowest BCUT2D eigenvalue weighted by molar-refractivity contribution is 0.0517. The summed E-state index contributed by atoms with van der Waals surface area (Å²) in [6.45, 7) is 3.01. The van der Waals surface area contributed by atoms with Gasteiger partial charge in [-0.3, -0.25) is 9.52 Å². The van der Waals surface area contributed by atoms with E-state index in [9.17, 15) is 18.0 Å². The van der Waals surface area contributed by atoms with Gasteiger partial charge in [0.2, 0.25) is 0 Å². The van der Waals surface area contributed by atoms with Crippen molar-refractivity contribution in [2.24, 2.45) is 0 Å². The number of rotatable bonds is 6. The van der Waals surface area contributed by atoms with E-state index >= 15 is 0 Å². The van der Waals surface area contributed by atoms with Gasteiger partial charge >= 0.3 is 5.97 Å². The van der Waals surface area contributed by atoms with Crippen LogP contribution in [0.1, 0.15) is 34.0 Å². The minimum absolute atomic E-state index is 0.0305. The maximum absolute atomic E-state index is 12.3. The number of thiazole rings is 1. The molecule has 0 aliphatic rings. The van der Waals surface area contributed by atoms with Gasteiger partial charge in [-0.25, -0.2) is 18.2 Å². The van der Waals surface area contributed by atoms with Crippen LogP contribution in [0.2, 0.25) is 0 Å². The smallest absolute Gasteiger partial charge is 0.358 e. The van der Waals surface area contributed by atoms with E-state index in [-0.39, 0.29) is 27.2 Å². The number of nitrogens with zero attached hydrogens (tertiary/aromatic N) is 1. The molecule has 0 bridgehead atoms. The van der Waals surface area contributed by atoms with Gasteiger partial charge < -0.3 is 4.74 Å². The lowest BCUT2D eigenvalue weighted by atomic mass is 10.3. The first-order valence-electron chi connectivity index (χ1n) is 6.72. The molecule has 0 radical (unpaired) electrons. The predicted molar refractivity (Wildman–Crippen MR) is 93.0 cm³/mol. The topological polar surface area (TPSA) is 102 Å². The number of nitrogens with one attached hydrogen (secondary N) is 1. The minimum atomic E-state index is -3.88. The molecule has 1 aromatic carbocycles. The van der Waals surface area contributed by atoms with Gasteiger partial charge in [-0.1, -0.05) is 27.3 Å². The second kappa shape index (κ2) is 7.41. The number of aromatic nitrogens is 1. The van der Waals surface area contributed by atoms with Crippen molar-refractivity contribution >= 4 is 54.2 Å². The Labute approximate surface area is 151 Å². The summed E-state index contributed by atoms with van der Waals surface area (Å²) in [5.41, 5.74) is -0.192. The molecule has 0 aliphatic carbocycles. The summed E-state index contributed by atoms with van der Waals surface area (Å²) in [6, 6.07) is 6.00. The average Bonchev–Trinajstić information content (AvgIpc) is 2.91. The molecule has 0 amide bonds. The molecule has 1 heterocycles. The Bertz CT molecular complexity index is 875. The van der Waals surface area contributed by atoms with Crippen LogP contribution in [0.25, 0.3) is 0 Å². The maximum atomic E-state index is 12.3. The van der Waals surface area contributed by atoms with Gasteiger partial charge in [0.05, 0.1) is 11.5 Å². The van der Waals surface area contributed by atoms with Crippen LogP contribution < -0.4 is 4.72 Å². The number of anilines is 1. The summed E-state index contributed by atoms with van der Waals surface area (Å²) in [6.07, 6.45) is 0. The van der Waals surface area contributed by atoms with Crippen molar-refractivity contribution in [3.05, 3.63) is 39.3 Å². The number of ketones is 1. The number of hydrogen-bond donors (Lipinski definition) is 1. The van der Waals surface area contributed by atoms with Crippen molar-refractivity contribution in [1.29, 1.82) is 0 Å². The van der Waals surface area contributed by atoms with Gasteiger partial charge in [0.1, 0.15) is 4.88 Å². The van der Waals surface area contributed by atoms with Crippen LogP contribution >= 0.6 is 27.3 Å². The lowest BCUT2D eigenvalue weighted by Gasteiger charge is -2.04. The van der Waals surface area contributed by atoms with E-state index in [1.807, 2.05) is 0 Å². The van der Waals surface area contributed by atoms with E-state index < -0.39 is 21.8 Å². The molecule has 0 unspecified atom stereocenters. The van der Waals surface area contributed by atoms with E-state index in [0.29, 0.717) is 0 Å². The van der Waals surface area contributed by atoms with Crippen LogP contribution in [0.3, 0.4) is 0 Å². The summed E-state index contributed by atoms with van der Waals surface area (Å²) in [4.78, 5) is 27.5. The second-order valence-electron chi connectivity index (χ2n) is 4.53. The Hall–Kier alpha value is -1.78. The molecular weight excluding hydrogens is 420 g/mol. The Morgan fingerprint density at radius 3 is 2.46 bits per heavy atom. The molecule has 0 aliphatic heterocycles. The van der Waals surface area contributed by atoms with Crippen molar-refractivity contribution in [1.82, 2.24) is 4.98 Å². The fourth-order valence-electron chi connectivity index (χ4n) is 1.73. The lowest BCUT2D eigenvalue weighted by Crippen LogP contribution is -2.13. The third-order valence-electron chi connectivity index (χ3n) is 2.76. The number of Topliss-reactive ketones (excluding diaryl/α,β-unsaturated/α-hetero) is 1. The van der Waals surface area contributed by atoms with E-state index in [1.54, 1.807) is 19.1 Å². The van der Waals surface area contributed by atoms with Crippen molar-refractivity contribution in [3.8, 4) is 0 Å². The zero-order chi connectivity index (χ0) is 17.9. The normalized spacial score (nSPS) is 11.1. The standard InChI is InChI=1S/C14H13BrN2O5S2/c1-3-22-13(19)11-12(8(2)18)23-14(16-11)17-24(20,21)10-6-4-9(15)5-7-10/h4-7H,3H2,1-2H3,(H,16,17). The molecule has 10 heteroatoms. The first-order valence-corrected chi connectivity index (χ1v) is 9.81. The molecule has 0 fully saturated rings. The van der Waals surface area contributed by atoms with Gasteiger partial charge in [0.25, 0.3) is 10.0 Å². The minimum Gasteiger partial charge on any atom is -0.461 e. The molecule has 1 aromatic heterocycles. The summed E-state index contributed by atoms with van der Waals surface area (Å²) in [5.74, 6) is -1.17. The van der Waals surface area contributed by atoms with E-state index in [4.69, 9.17) is 4.74 Å². The van der Waals surface area contributed by atoms with Crippen LogP contribution in [-0.2, 0) is 14.8 Å². The predicted octanol–water partition coefficient (Wildman–Crippen LogP) is 3.09. The molecule has 0 atom stereocenters. The SMILES string of the molecule is CCOC(=O)c1nc(NS(=O)(=O)c2ccc(Br)cc2)sc1C(C)=O. The Morgan fingerprint density at radius 1 is 1.29 bits per heavy atom. The third kappa shape index (κ3) is 4.19. The highest BCUT2D eigenvalue weighted by Crippen LogP contribution is 2.27. The van der Waals surface area contributed by atoms with Gasteiger partial charge in [0, 0.05) is 11.4 Å². The summed E-state index contributed by atoms with van der Waals surface area (Å²) < 4.78 is 32.5. The maximum Gasteiger partial charge on any atom is 0.358 e. The quantitative estimate of drug-likeness (QED) is 0.555. The van der Waals surface area contributed by atoms with Gasteiger partial charge in [-0.15, -0.1) is 0 Å². The fourth-order valence-corrected chi connectivity index (χ4v) is 4.08. The van der Waals surface area contributed by atoms with Crippen molar-refractivity contribution in [2.75, 3.05) is 11.3 Å². The number of carbonyl (C=O) groups excluding carboxylic acids is 2. The first-order chi connectivity index (χ1) is 11.2. The largest absolute Gasteiger partial charge is 0.461 e. The van der Waals surface area contributed by atoms with Crippen molar-refractivity contribution in [3.63, 3.8) is 0 Å². The van der Waals surface area contributed by atoms with E-state index in [2.05, 4.69) is 25.6 Å². The van der Waals surface area contributed by atoms with Gasteiger partial charge in [0.15, 0.2) is 16.6 Å². The molecule has 1 N–H and O–H groups in total. The van der Waals surface area contributed by atoms with Gasteiger partial charge in [-0.05, 0) is 31.2 Å². The number of esters is 1. The van der Waals surface area contributed by atoms with Crippen LogP contribution in [-0.4, -0.2) is 31.8 Å². The molecule has 128 valence electrons. The van der Waals surface area contributed by atoms with Crippen molar-refractivity contribution in [2.45, 2.75) is 18.7 Å². The monoisotopic (exact) mass is 432 g/mol. The second-order valence-corrected chi connectivity index (χ2v) is 8.13. The Morgan fingerprint density at radius 2 is 1.92 bits per heavy atom. The van der Waals surface area contributed by atoms with Crippen molar-refractivity contribution < 1.29 is 22.7 Å². The molecule has 2 aromatic rings. The third-order valence-corrected chi connectivity index (χ3v) is 5.85. The number of halogens is 1. The molecular formula is C14H13BrN2O5S2. The molecule has 0 spiro atoms. The molecule has 24 heavy (non-hydrogen) atoms. The van der Waals surface area contributed by atoms with Crippen LogP contribution in [0.5, 0.6) is 0 Å². The zero-order valence-corrected chi connectivity index (χ0v) is 15.9. The average molecular weight is 433 g/mol. The number of hydrogen-bond acceptors (Lipinski definition) is 7. The van der Waals surface area contributed by atoms with Crippen LogP contribution in [0, 0.1) is 0 Å². The highest BCUT2D eigenvalue weighted by atomic mass is 79.9. The zero-order valence-electron chi connectivity index (χ0n) is 12.7. The Balaban J connectivity index is 2.36. The summed E-state index contributed by atoms with van der Waals surface area (Å²) >= 11 is 4.01. The fraction of sp³-hybridized carbons (Fsp3) is 0.214. The highest BCUT2D eigenvalue weighted by molar-refractivity contribution is 9.10. The number of carbonyl (C=O) groups is 2. The molecule has 7 nitrogen and oxygen atoms in total. The number of ether oxygens (including phenoxy) is 1. The van der Waals surface area contributed by atoms with E-state index in [1.165, 1.54) is 19.1 Å². The molecule has 0 saturated carbocycles. The van der Waals surface area contributed by atoms with Crippen LogP contribution in [0.15, 0.2) is 33.6 Å². The molecule has 2 rings (SSSR count). The van der Waals surface area contributed by atoms with Crippen LogP contribution in [0.4, 0.5) is 5.13 Å². The van der Waals surface area contributed by atoms with Gasteiger partial charge in [-0.2, -0.15) is 0 Å². The first kappa shape index (κ1) is 18.6. The molecule has 0 saturated heterocycles. The summed E-state index contributed by atoms with van der Waals surface area (Å²) in [7, 11) is -3.88. The number of benzene rings is 1. The number of sulfonamides is 1. The van der Waals surface area contributed by atoms with E-state index in [0.717, 1.165) is 15.8 Å².